The Kier molecular flexibility index (Phi) is 5.81. The van der Waals surface area contributed by atoms with E-state index in [1.807, 2.05) is 6.92 Å². The Morgan fingerprint density at radius 3 is 2.18 bits per heavy atom. The second kappa shape index (κ2) is 8.28. The standard InChI is InChI=1S/C18H15Cl2N5O3/c1-10-3-4-11(19)7-13(10)23-17-16(25(26)27)18(22-9-21-17)24-14-8-12(20)5-6-15(14)28-2/h3-9H,1-2H3,(H2,21,22,23,24). The molecule has 1 heterocycles. The van der Waals surface area contributed by atoms with E-state index in [1.165, 1.54) is 13.4 Å². The minimum Gasteiger partial charge on any atom is -0.495 e. The van der Waals surface area contributed by atoms with E-state index < -0.39 is 4.92 Å². The smallest absolute Gasteiger partial charge is 0.353 e. The van der Waals surface area contributed by atoms with Crippen LogP contribution in [0.4, 0.5) is 28.7 Å². The maximum absolute atomic E-state index is 11.8. The van der Waals surface area contributed by atoms with E-state index in [0.29, 0.717) is 27.2 Å². The molecular weight excluding hydrogens is 405 g/mol. The first-order valence-corrected chi connectivity index (χ1v) is 8.77. The summed E-state index contributed by atoms with van der Waals surface area (Å²) in [5, 5.41) is 18.5. The summed E-state index contributed by atoms with van der Waals surface area (Å²) in [5.74, 6) is 0.467. The number of nitro groups is 1. The van der Waals surface area contributed by atoms with Crippen molar-refractivity contribution in [2.45, 2.75) is 6.92 Å². The van der Waals surface area contributed by atoms with E-state index in [9.17, 15) is 10.1 Å². The third-order valence-corrected chi connectivity index (χ3v) is 4.34. The van der Waals surface area contributed by atoms with Gasteiger partial charge in [-0.15, -0.1) is 0 Å². The Morgan fingerprint density at radius 1 is 1.00 bits per heavy atom. The minimum atomic E-state index is -0.568. The van der Waals surface area contributed by atoms with Gasteiger partial charge in [-0.25, -0.2) is 9.97 Å². The molecule has 0 bridgehead atoms. The highest BCUT2D eigenvalue weighted by atomic mass is 35.5. The van der Waals surface area contributed by atoms with Crippen LogP contribution in [0.2, 0.25) is 10.0 Å². The summed E-state index contributed by atoms with van der Waals surface area (Å²) in [7, 11) is 1.48. The van der Waals surface area contributed by atoms with Gasteiger partial charge in [-0.3, -0.25) is 10.1 Å². The number of nitrogens with one attached hydrogen (secondary N) is 2. The van der Waals surface area contributed by atoms with Crippen molar-refractivity contribution in [3.63, 3.8) is 0 Å². The highest BCUT2D eigenvalue weighted by Gasteiger charge is 2.24. The fourth-order valence-electron chi connectivity index (χ4n) is 2.50. The lowest BCUT2D eigenvalue weighted by molar-refractivity contribution is -0.383. The molecule has 10 heteroatoms. The normalized spacial score (nSPS) is 10.4. The predicted molar refractivity (Wildman–Crippen MR) is 109 cm³/mol. The molecule has 0 spiro atoms. The molecule has 0 unspecified atom stereocenters. The Bertz CT molecular complexity index is 1050. The van der Waals surface area contributed by atoms with E-state index >= 15 is 0 Å². The van der Waals surface area contributed by atoms with Crippen LogP contribution in [0.1, 0.15) is 5.56 Å². The third-order valence-electron chi connectivity index (χ3n) is 3.87. The lowest BCUT2D eigenvalue weighted by Gasteiger charge is -2.13. The Morgan fingerprint density at radius 2 is 1.57 bits per heavy atom. The van der Waals surface area contributed by atoms with Crippen molar-refractivity contribution >= 4 is 51.9 Å². The quantitative estimate of drug-likeness (QED) is 0.401. The summed E-state index contributed by atoms with van der Waals surface area (Å²) < 4.78 is 5.26. The van der Waals surface area contributed by atoms with E-state index in [1.54, 1.807) is 36.4 Å². The molecule has 28 heavy (non-hydrogen) atoms. The number of rotatable bonds is 6. The molecular formula is C18H15Cl2N5O3. The van der Waals surface area contributed by atoms with Crippen LogP contribution in [0.3, 0.4) is 0 Å². The number of aryl methyl sites for hydroxylation is 1. The minimum absolute atomic E-state index is 0.0113. The zero-order chi connectivity index (χ0) is 20.3. The van der Waals surface area contributed by atoms with Gasteiger partial charge < -0.3 is 15.4 Å². The SMILES string of the molecule is COc1ccc(Cl)cc1Nc1ncnc(Nc2cc(Cl)ccc2C)c1[N+](=O)[O-]. The average molecular weight is 420 g/mol. The number of aromatic nitrogens is 2. The van der Waals surface area contributed by atoms with Gasteiger partial charge in [-0.1, -0.05) is 29.3 Å². The number of anilines is 4. The Labute approximate surface area is 170 Å². The van der Waals surface area contributed by atoms with Crippen molar-refractivity contribution in [1.29, 1.82) is 0 Å². The molecule has 0 amide bonds. The van der Waals surface area contributed by atoms with Crippen LogP contribution in [-0.2, 0) is 0 Å². The topological polar surface area (TPSA) is 102 Å². The van der Waals surface area contributed by atoms with Crippen LogP contribution in [0.15, 0.2) is 42.7 Å². The molecule has 3 aromatic rings. The fourth-order valence-corrected chi connectivity index (χ4v) is 2.84. The highest BCUT2D eigenvalue weighted by molar-refractivity contribution is 6.31. The van der Waals surface area contributed by atoms with Gasteiger partial charge in [-0.2, -0.15) is 0 Å². The summed E-state index contributed by atoms with van der Waals surface area (Å²) in [4.78, 5) is 19.2. The molecule has 0 fully saturated rings. The van der Waals surface area contributed by atoms with Crippen molar-refractivity contribution in [2.75, 3.05) is 17.7 Å². The molecule has 0 saturated heterocycles. The van der Waals surface area contributed by atoms with Gasteiger partial charge in [0.25, 0.3) is 0 Å². The van der Waals surface area contributed by atoms with E-state index in [0.717, 1.165) is 5.56 Å². The molecule has 2 aromatic carbocycles. The van der Waals surface area contributed by atoms with Gasteiger partial charge in [0.15, 0.2) is 0 Å². The third kappa shape index (κ3) is 4.24. The van der Waals surface area contributed by atoms with Crippen molar-refractivity contribution in [3.05, 3.63) is 68.4 Å². The Hall–Kier alpha value is -3.10. The summed E-state index contributed by atoms with van der Waals surface area (Å²) in [6, 6.07) is 10.1. The first kappa shape index (κ1) is 19.7. The van der Waals surface area contributed by atoms with Crippen molar-refractivity contribution < 1.29 is 9.66 Å². The Balaban J connectivity index is 2.04. The summed E-state index contributed by atoms with van der Waals surface area (Å²) in [6.45, 7) is 1.85. The van der Waals surface area contributed by atoms with Crippen LogP contribution in [0.25, 0.3) is 0 Å². The predicted octanol–water partition coefficient (Wildman–Crippen LogP) is 5.50. The van der Waals surface area contributed by atoms with Gasteiger partial charge in [0.2, 0.25) is 11.6 Å². The van der Waals surface area contributed by atoms with Crippen LogP contribution in [-0.4, -0.2) is 22.0 Å². The van der Waals surface area contributed by atoms with Crippen LogP contribution >= 0.6 is 23.2 Å². The number of benzene rings is 2. The van der Waals surface area contributed by atoms with Crippen molar-refractivity contribution in [1.82, 2.24) is 9.97 Å². The monoisotopic (exact) mass is 419 g/mol. The fraction of sp³-hybridized carbons (Fsp3) is 0.111. The molecule has 0 atom stereocenters. The van der Waals surface area contributed by atoms with Gasteiger partial charge in [0.1, 0.15) is 12.1 Å². The number of methoxy groups -OCH3 is 1. The molecule has 144 valence electrons. The highest BCUT2D eigenvalue weighted by Crippen LogP contribution is 2.37. The van der Waals surface area contributed by atoms with E-state index in [2.05, 4.69) is 20.6 Å². The second-order valence-electron chi connectivity index (χ2n) is 5.73. The maximum atomic E-state index is 11.8. The first-order valence-electron chi connectivity index (χ1n) is 8.02. The molecule has 0 aliphatic rings. The van der Waals surface area contributed by atoms with Gasteiger partial charge in [0.05, 0.1) is 17.7 Å². The van der Waals surface area contributed by atoms with Crippen molar-refractivity contribution in [2.24, 2.45) is 0 Å². The number of halogens is 2. The van der Waals surface area contributed by atoms with Crippen molar-refractivity contribution in [3.8, 4) is 5.75 Å². The molecule has 0 aliphatic heterocycles. The summed E-state index contributed by atoms with van der Waals surface area (Å²) in [5.41, 5.74) is 1.55. The van der Waals surface area contributed by atoms with Crippen LogP contribution < -0.4 is 15.4 Å². The molecule has 3 rings (SSSR count). The molecule has 8 nitrogen and oxygen atoms in total. The number of nitrogens with zero attached hydrogens (tertiary/aromatic N) is 3. The van der Waals surface area contributed by atoms with Crippen LogP contribution in [0, 0.1) is 17.0 Å². The lowest BCUT2D eigenvalue weighted by Crippen LogP contribution is -2.06. The summed E-state index contributed by atoms with van der Waals surface area (Å²) in [6.07, 6.45) is 1.22. The molecule has 1 aromatic heterocycles. The zero-order valence-electron chi connectivity index (χ0n) is 14.9. The molecule has 2 N–H and O–H groups in total. The van der Waals surface area contributed by atoms with E-state index in [4.69, 9.17) is 27.9 Å². The van der Waals surface area contributed by atoms with E-state index in [-0.39, 0.29) is 17.3 Å². The number of ether oxygens (including phenoxy) is 1. The first-order chi connectivity index (χ1) is 13.4. The average Bonchev–Trinajstić information content (AvgIpc) is 2.65. The number of hydrogen-bond donors (Lipinski definition) is 2. The molecule has 0 aliphatic carbocycles. The molecule has 0 saturated carbocycles. The zero-order valence-corrected chi connectivity index (χ0v) is 16.4. The second-order valence-corrected chi connectivity index (χ2v) is 6.60. The number of hydrogen-bond acceptors (Lipinski definition) is 7. The van der Waals surface area contributed by atoms with Gasteiger partial charge in [0, 0.05) is 15.7 Å². The lowest BCUT2D eigenvalue weighted by atomic mass is 10.2. The maximum Gasteiger partial charge on any atom is 0.353 e. The largest absolute Gasteiger partial charge is 0.495 e. The summed E-state index contributed by atoms with van der Waals surface area (Å²) >= 11 is 12.1. The van der Waals surface area contributed by atoms with Gasteiger partial charge >= 0.3 is 5.69 Å². The van der Waals surface area contributed by atoms with Crippen LogP contribution in [0.5, 0.6) is 5.75 Å². The molecule has 0 radical (unpaired) electrons. The van der Waals surface area contributed by atoms with Gasteiger partial charge in [-0.05, 0) is 42.8 Å².